The van der Waals surface area contributed by atoms with Gasteiger partial charge in [-0.2, -0.15) is 0 Å². The van der Waals surface area contributed by atoms with Gasteiger partial charge in [-0.1, -0.05) is 30.3 Å². The van der Waals surface area contributed by atoms with Gasteiger partial charge < -0.3 is 11.1 Å². The van der Waals surface area contributed by atoms with Crippen LogP contribution >= 0.6 is 0 Å². The van der Waals surface area contributed by atoms with Crippen LogP contribution in [0.5, 0.6) is 0 Å². The molecule has 0 aromatic heterocycles. The number of nitrogens with one attached hydrogen (secondary N) is 1. The third kappa shape index (κ3) is 4.46. The highest BCUT2D eigenvalue weighted by Crippen LogP contribution is 2.17. The van der Waals surface area contributed by atoms with Gasteiger partial charge in [0.05, 0.1) is 0 Å². The summed E-state index contributed by atoms with van der Waals surface area (Å²) in [5.41, 5.74) is 6.50. The molecule has 1 aliphatic carbocycles. The lowest BCUT2D eigenvalue weighted by Crippen LogP contribution is -2.40. The SMILES string of the molecule is NC1CCC(NC(=O)CCC(=O)c2ccccc2)CC1. The van der Waals surface area contributed by atoms with E-state index in [0.29, 0.717) is 5.56 Å². The second kappa shape index (κ2) is 7.20. The summed E-state index contributed by atoms with van der Waals surface area (Å²) in [4.78, 5) is 23.7. The highest BCUT2D eigenvalue weighted by atomic mass is 16.2. The van der Waals surface area contributed by atoms with Gasteiger partial charge in [-0.25, -0.2) is 0 Å². The smallest absolute Gasteiger partial charge is 0.220 e. The van der Waals surface area contributed by atoms with E-state index in [9.17, 15) is 9.59 Å². The maximum Gasteiger partial charge on any atom is 0.220 e. The summed E-state index contributed by atoms with van der Waals surface area (Å²) >= 11 is 0. The van der Waals surface area contributed by atoms with Crippen LogP contribution in [0.3, 0.4) is 0 Å². The van der Waals surface area contributed by atoms with E-state index < -0.39 is 0 Å². The average molecular weight is 274 g/mol. The second-order valence-electron chi connectivity index (χ2n) is 5.47. The van der Waals surface area contributed by atoms with Gasteiger partial charge >= 0.3 is 0 Å². The monoisotopic (exact) mass is 274 g/mol. The summed E-state index contributed by atoms with van der Waals surface area (Å²) in [7, 11) is 0. The molecule has 108 valence electrons. The maximum absolute atomic E-state index is 11.9. The quantitative estimate of drug-likeness (QED) is 0.807. The molecular formula is C16H22N2O2. The minimum Gasteiger partial charge on any atom is -0.353 e. The van der Waals surface area contributed by atoms with Gasteiger partial charge in [0.15, 0.2) is 5.78 Å². The number of nitrogens with two attached hydrogens (primary N) is 1. The topological polar surface area (TPSA) is 72.2 Å². The number of hydrogen-bond acceptors (Lipinski definition) is 3. The molecule has 0 saturated heterocycles. The molecule has 3 N–H and O–H groups in total. The van der Waals surface area contributed by atoms with Gasteiger partial charge in [-0.3, -0.25) is 9.59 Å². The highest BCUT2D eigenvalue weighted by molar-refractivity contribution is 5.97. The summed E-state index contributed by atoms with van der Waals surface area (Å²) in [5, 5.41) is 3.00. The Hall–Kier alpha value is -1.68. The number of carbonyl (C=O) groups is 2. The third-order valence-corrected chi connectivity index (χ3v) is 3.81. The predicted molar refractivity (Wildman–Crippen MR) is 78.4 cm³/mol. The van der Waals surface area contributed by atoms with Crippen molar-refractivity contribution in [1.29, 1.82) is 0 Å². The summed E-state index contributed by atoms with van der Waals surface area (Å²) in [6, 6.07) is 9.61. The standard InChI is InChI=1S/C16H22N2O2/c17-13-6-8-14(9-7-13)18-16(20)11-10-15(19)12-4-2-1-3-5-12/h1-5,13-14H,6-11,17H2,(H,18,20). The number of rotatable bonds is 5. The molecule has 1 fully saturated rings. The number of ketones is 1. The van der Waals surface area contributed by atoms with Crippen LogP contribution in [0.1, 0.15) is 48.9 Å². The van der Waals surface area contributed by atoms with Crippen molar-refractivity contribution in [3.8, 4) is 0 Å². The molecule has 4 heteroatoms. The summed E-state index contributed by atoms with van der Waals surface area (Å²) in [5.74, 6) is -0.0128. The lowest BCUT2D eigenvalue weighted by atomic mass is 9.91. The summed E-state index contributed by atoms with van der Waals surface area (Å²) in [6.45, 7) is 0. The fraction of sp³-hybridized carbons (Fsp3) is 0.500. The number of benzene rings is 1. The summed E-state index contributed by atoms with van der Waals surface area (Å²) in [6.07, 6.45) is 4.35. The van der Waals surface area contributed by atoms with Gasteiger partial charge in [-0.15, -0.1) is 0 Å². The molecule has 0 bridgehead atoms. The molecule has 0 spiro atoms. The summed E-state index contributed by atoms with van der Waals surface area (Å²) < 4.78 is 0. The largest absolute Gasteiger partial charge is 0.353 e. The van der Waals surface area contributed by atoms with Crippen LogP contribution < -0.4 is 11.1 Å². The van der Waals surface area contributed by atoms with Crippen LogP contribution in [0.4, 0.5) is 0 Å². The molecule has 0 heterocycles. The molecule has 4 nitrogen and oxygen atoms in total. The van der Waals surface area contributed by atoms with Gasteiger partial charge in [0, 0.05) is 30.5 Å². The van der Waals surface area contributed by atoms with Gasteiger partial charge in [-0.05, 0) is 25.7 Å². The first kappa shape index (κ1) is 14.7. The molecule has 1 aromatic carbocycles. The Bertz CT molecular complexity index is 451. The zero-order valence-electron chi connectivity index (χ0n) is 11.7. The first-order valence-electron chi connectivity index (χ1n) is 7.28. The Balaban J connectivity index is 1.71. The van der Waals surface area contributed by atoms with E-state index in [-0.39, 0.29) is 36.6 Å². The van der Waals surface area contributed by atoms with Gasteiger partial charge in [0.25, 0.3) is 0 Å². The van der Waals surface area contributed by atoms with E-state index in [1.54, 1.807) is 12.1 Å². The molecule has 1 saturated carbocycles. The third-order valence-electron chi connectivity index (χ3n) is 3.81. The van der Waals surface area contributed by atoms with Gasteiger partial charge in [0.1, 0.15) is 0 Å². The van der Waals surface area contributed by atoms with Crippen LogP contribution in [0.15, 0.2) is 30.3 Å². The molecule has 20 heavy (non-hydrogen) atoms. The minimum absolute atomic E-state index is 0.0198. The molecule has 1 aromatic rings. The van der Waals surface area contributed by atoms with Crippen LogP contribution in [0.25, 0.3) is 0 Å². The van der Waals surface area contributed by atoms with Crippen molar-refractivity contribution in [2.75, 3.05) is 0 Å². The number of amides is 1. The zero-order chi connectivity index (χ0) is 14.4. The minimum atomic E-state index is -0.0326. The number of carbonyl (C=O) groups excluding carboxylic acids is 2. The molecule has 0 unspecified atom stereocenters. The lowest BCUT2D eigenvalue weighted by molar-refractivity contribution is -0.122. The Morgan fingerprint density at radius 1 is 1.05 bits per heavy atom. The van der Waals surface area contributed by atoms with Crippen molar-refractivity contribution in [2.24, 2.45) is 5.73 Å². The first-order chi connectivity index (χ1) is 9.65. The van der Waals surface area contributed by atoms with E-state index in [1.165, 1.54) is 0 Å². The Morgan fingerprint density at radius 3 is 2.35 bits per heavy atom. The maximum atomic E-state index is 11.9. The van der Waals surface area contributed by atoms with Crippen molar-refractivity contribution < 1.29 is 9.59 Å². The fourth-order valence-corrected chi connectivity index (χ4v) is 2.56. The molecular weight excluding hydrogens is 252 g/mol. The van der Waals surface area contributed by atoms with Crippen molar-refractivity contribution >= 4 is 11.7 Å². The number of Topliss-reactive ketones (excluding diaryl/α,β-unsaturated/α-hetero) is 1. The molecule has 1 aliphatic rings. The molecule has 0 atom stereocenters. The van der Waals surface area contributed by atoms with Crippen molar-refractivity contribution in [1.82, 2.24) is 5.32 Å². The molecule has 2 rings (SSSR count). The molecule has 0 aliphatic heterocycles. The predicted octanol–water partition coefficient (Wildman–Crippen LogP) is 2.04. The number of hydrogen-bond donors (Lipinski definition) is 2. The van der Waals surface area contributed by atoms with Crippen LogP contribution in [0.2, 0.25) is 0 Å². The Labute approximate surface area is 119 Å². The van der Waals surface area contributed by atoms with Crippen LogP contribution in [0, 0.1) is 0 Å². The van der Waals surface area contributed by atoms with Gasteiger partial charge in [0.2, 0.25) is 5.91 Å². The fourth-order valence-electron chi connectivity index (χ4n) is 2.56. The van der Waals surface area contributed by atoms with Crippen molar-refractivity contribution in [2.45, 2.75) is 50.6 Å². The van der Waals surface area contributed by atoms with E-state index in [2.05, 4.69) is 5.32 Å². The van der Waals surface area contributed by atoms with Crippen molar-refractivity contribution in [3.05, 3.63) is 35.9 Å². The molecule has 1 amide bonds. The zero-order valence-corrected chi connectivity index (χ0v) is 11.7. The van der Waals surface area contributed by atoms with E-state index in [0.717, 1.165) is 25.7 Å². The van der Waals surface area contributed by atoms with E-state index in [1.807, 2.05) is 18.2 Å². The second-order valence-corrected chi connectivity index (χ2v) is 5.47. The average Bonchev–Trinajstić information content (AvgIpc) is 2.48. The van der Waals surface area contributed by atoms with Crippen molar-refractivity contribution in [3.63, 3.8) is 0 Å². The Kier molecular flexibility index (Phi) is 5.30. The normalized spacial score (nSPS) is 22.2. The molecule has 0 radical (unpaired) electrons. The first-order valence-corrected chi connectivity index (χ1v) is 7.28. The Morgan fingerprint density at radius 2 is 1.70 bits per heavy atom. The van der Waals surface area contributed by atoms with Crippen LogP contribution in [-0.4, -0.2) is 23.8 Å². The highest BCUT2D eigenvalue weighted by Gasteiger charge is 2.20. The van der Waals surface area contributed by atoms with E-state index in [4.69, 9.17) is 5.73 Å². The lowest BCUT2D eigenvalue weighted by Gasteiger charge is -2.26. The van der Waals surface area contributed by atoms with E-state index >= 15 is 0 Å². The van der Waals surface area contributed by atoms with Crippen LogP contribution in [-0.2, 0) is 4.79 Å².